The maximum atomic E-state index is 12.7. The lowest BCUT2D eigenvalue weighted by molar-refractivity contribution is -0.137. The summed E-state index contributed by atoms with van der Waals surface area (Å²) < 4.78 is 38.2. The Hall–Kier alpha value is -2.22. The molecule has 0 spiro atoms. The minimum atomic E-state index is -4.51. The van der Waals surface area contributed by atoms with Gasteiger partial charge in [0.15, 0.2) is 0 Å². The minimum absolute atomic E-state index is 0.0329. The Balaban J connectivity index is 2.41. The fourth-order valence-corrected chi connectivity index (χ4v) is 2.14. The second kappa shape index (κ2) is 6.11. The monoisotopic (exact) mass is 342 g/mol. The maximum absolute atomic E-state index is 12.7. The lowest BCUT2D eigenvalue weighted by atomic mass is 10.1. The number of amides is 1. The Kier molecular flexibility index (Phi) is 4.56. The molecular formula is C15H13F3N2O2S. The van der Waals surface area contributed by atoms with Crippen LogP contribution in [-0.4, -0.2) is 17.9 Å². The van der Waals surface area contributed by atoms with Gasteiger partial charge < -0.3 is 9.88 Å². The Labute approximate surface area is 135 Å². The van der Waals surface area contributed by atoms with Crippen LogP contribution in [0.15, 0.2) is 40.0 Å². The zero-order chi connectivity index (χ0) is 17.4. The van der Waals surface area contributed by atoms with Crippen molar-refractivity contribution in [3.05, 3.63) is 57.5 Å². The number of pyridine rings is 1. The summed E-state index contributed by atoms with van der Waals surface area (Å²) in [5, 5.41) is 0. The lowest BCUT2D eigenvalue weighted by Gasteiger charge is -2.19. The van der Waals surface area contributed by atoms with Gasteiger partial charge in [-0.1, -0.05) is 6.07 Å². The number of nitrogens with one attached hydrogen (secondary N) is 1. The molecule has 0 unspecified atom stereocenters. The summed E-state index contributed by atoms with van der Waals surface area (Å²) in [6.45, 7) is 1.62. The molecule has 1 aromatic heterocycles. The molecule has 0 aliphatic carbocycles. The van der Waals surface area contributed by atoms with E-state index in [1.165, 1.54) is 25.2 Å². The number of anilines is 1. The van der Waals surface area contributed by atoms with Gasteiger partial charge in [0.2, 0.25) is 0 Å². The smallest absolute Gasteiger partial charge is 0.325 e. The van der Waals surface area contributed by atoms with Crippen LogP contribution < -0.4 is 10.5 Å². The molecule has 1 heterocycles. The van der Waals surface area contributed by atoms with Crippen LogP contribution in [0.5, 0.6) is 0 Å². The van der Waals surface area contributed by atoms with Crippen molar-refractivity contribution in [1.82, 2.24) is 4.98 Å². The average molecular weight is 342 g/mol. The van der Waals surface area contributed by atoms with Crippen molar-refractivity contribution in [2.24, 2.45) is 0 Å². The van der Waals surface area contributed by atoms with Crippen molar-refractivity contribution >= 4 is 24.2 Å². The van der Waals surface area contributed by atoms with E-state index in [4.69, 9.17) is 0 Å². The summed E-state index contributed by atoms with van der Waals surface area (Å²) in [6, 6.07) is 5.61. The Bertz CT molecular complexity index is 815. The molecule has 8 heteroatoms. The molecule has 1 N–H and O–H groups in total. The number of carbonyl (C=O) groups is 1. The highest BCUT2D eigenvalue weighted by Crippen LogP contribution is 2.31. The Morgan fingerprint density at radius 3 is 2.52 bits per heavy atom. The standard InChI is InChI=1S/C15H13F3N2O2S/c1-8-12(23)7-11(13(21)19-8)14(22)20(2)10-5-3-4-9(6-10)15(16,17)18/h3-7,23H,1-2H3,(H,19,21). The number of aromatic amines is 1. The number of nitrogens with zero attached hydrogens (tertiary/aromatic N) is 1. The van der Waals surface area contributed by atoms with Gasteiger partial charge in [0.05, 0.1) is 5.56 Å². The largest absolute Gasteiger partial charge is 0.416 e. The van der Waals surface area contributed by atoms with Crippen LogP contribution in [0.2, 0.25) is 0 Å². The summed E-state index contributed by atoms with van der Waals surface area (Å²) >= 11 is 4.13. The van der Waals surface area contributed by atoms with E-state index in [0.717, 1.165) is 17.0 Å². The predicted molar refractivity (Wildman–Crippen MR) is 83.2 cm³/mol. The van der Waals surface area contributed by atoms with Gasteiger partial charge in [-0.2, -0.15) is 13.2 Å². The number of hydrogen-bond donors (Lipinski definition) is 2. The number of alkyl halides is 3. The van der Waals surface area contributed by atoms with Gasteiger partial charge in [-0.25, -0.2) is 0 Å². The fourth-order valence-electron chi connectivity index (χ4n) is 1.96. The second-order valence-electron chi connectivity index (χ2n) is 4.93. The first-order chi connectivity index (χ1) is 10.6. The highest BCUT2D eigenvalue weighted by atomic mass is 32.1. The zero-order valence-electron chi connectivity index (χ0n) is 12.2. The summed E-state index contributed by atoms with van der Waals surface area (Å²) in [5.41, 5.74) is -1.16. The van der Waals surface area contributed by atoms with Crippen LogP contribution in [0.4, 0.5) is 18.9 Å². The first-order valence-corrected chi connectivity index (χ1v) is 6.94. The van der Waals surface area contributed by atoms with E-state index in [9.17, 15) is 22.8 Å². The van der Waals surface area contributed by atoms with Crippen LogP contribution in [0.25, 0.3) is 0 Å². The second-order valence-corrected chi connectivity index (χ2v) is 5.42. The van der Waals surface area contributed by atoms with Crippen molar-refractivity contribution in [2.45, 2.75) is 18.0 Å². The van der Waals surface area contributed by atoms with E-state index >= 15 is 0 Å². The first-order valence-electron chi connectivity index (χ1n) is 6.49. The quantitative estimate of drug-likeness (QED) is 0.823. The molecule has 122 valence electrons. The molecule has 0 saturated carbocycles. The number of aromatic nitrogens is 1. The third kappa shape index (κ3) is 3.58. The molecule has 2 rings (SSSR count). The van der Waals surface area contributed by atoms with Crippen molar-refractivity contribution < 1.29 is 18.0 Å². The van der Waals surface area contributed by atoms with Crippen molar-refractivity contribution in [3.8, 4) is 0 Å². The molecule has 0 radical (unpaired) electrons. The fraction of sp³-hybridized carbons (Fsp3) is 0.200. The number of H-pyrrole nitrogens is 1. The number of hydrogen-bond acceptors (Lipinski definition) is 3. The van der Waals surface area contributed by atoms with Crippen LogP contribution in [0.1, 0.15) is 21.6 Å². The van der Waals surface area contributed by atoms with Crippen molar-refractivity contribution in [3.63, 3.8) is 0 Å². The van der Waals surface area contributed by atoms with Gasteiger partial charge in [0.1, 0.15) is 5.56 Å². The molecule has 23 heavy (non-hydrogen) atoms. The van der Waals surface area contributed by atoms with Gasteiger partial charge in [-0.15, -0.1) is 12.6 Å². The number of halogens is 3. The van der Waals surface area contributed by atoms with E-state index in [0.29, 0.717) is 10.6 Å². The minimum Gasteiger partial charge on any atom is -0.325 e. The molecular weight excluding hydrogens is 329 g/mol. The van der Waals surface area contributed by atoms with Gasteiger partial charge in [0.25, 0.3) is 11.5 Å². The molecule has 0 atom stereocenters. The van der Waals surface area contributed by atoms with E-state index in [1.807, 2.05) is 0 Å². The van der Waals surface area contributed by atoms with Crippen LogP contribution in [-0.2, 0) is 6.18 Å². The molecule has 0 saturated heterocycles. The molecule has 1 aromatic carbocycles. The summed E-state index contributed by atoms with van der Waals surface area (Å²) in [6.07, 6.45) is -4.51. The van der Waals surface area contributed by atoms with E-state index < -0.39 is 23.2 Å². The number of benzene rings is 1. The van der Waals surface area contributed by atoms with Gasteiger partial charge in [-0.3, -0.25) is 9.59 Å². The number of aryl methyl sites for hydroxylation is 1. The maximum Gasteiger partial charge on any atom is 0.416 e. The average Bonchev–Trinajstić information content (AvgIpc) is 2.49. The molecule has 0 fully saturated rings. The zero-order valence-corrected chi connectivity index (χ0v) is 13.1. The molecule has 0 aliphatic heterocycles. The van der Waals surface area contributed by atoms with E-state index in [-0.39, 0.29) is 11.3 Å². The summed E-state index contributed by atoms with van der Waals surface area (Å²) in [5.74, 6) is -0.721. The van der Waals surface area contributed by atoms with Gasteiger partial charge >= 0.3 is 6.18 Å². The number of thiol groups is 1. The van der Waals surface area contributed by atoms with Gasteiger partial charge in [-0.05, 0) is 31.2 Å². The topological polar surface area (TPSA) is 53.2 Å². The molecule has 0 aliphatic rings. The van der Waals surface area contributed by atoms with Crippen molar-refractivity contribution in [1.29, 1.82) is 0 Å². The highest BCUT2D eigenvalue weighted by Gasteiger charge is 2.31. The summed E-state index contributed by atoms with van der Waals surface area (Å²) in [4.78, 5) is 28.1. The third-order valence-corrected chi connectivity index (χ3v) is 3.77. The van der Waals surface area contributed by atoms with Crippen LogP contribution in [0, 0.1) is 6.92 Å². The predicted octanol–water partition coefficient (Wildman–Crippen LogP) is 3.27. The number of rotatable bonds is 2. The van der Waals surface area contributed by atoms with E-state index in [1.54, 1.807) is 6.92 Å². The normalized spacial score (nSPS) is 11.4. The Morgan fingerprint density at radius 2 is 1.91 bits per heavy atom. The third-order valence-electron chi connectivity index (χ3n) is 3.31. The van der Waals surface area contributed by atoms with Crippen LogP contribution in [0.3, 0.4) is 0 Å². The highest BCUT2D eigenvalue weighted by molar-refractivity contribution is 7.80. The molecule has 0 bridgehead atoms. The molecule has 2 aromatic rings. The molecule has 1 amide bonds. The number of carbonyl (C=O) groups excluding carboxylic acids is 1. The molecule has 4 nitrogen and oxygen atoms in total. The van der Waals surface area contributed by atoms with Gasteiger partial charge in [0, 0.05) is 23.3 Å². The lowest BCUT2D eigenvalue weighted by Crippen LogP contribution is -2.32. The van der Waals surface area contributed by atoms with Crippen LogP contribution >= 0.6 is 12.6 Å². The summed E-state index contributed by atoms with van der Waals surface area (Å²) in [7, 11) is 1.30. The van der Waals surface area contributed by atoms with E-state index in [2.05, 4.69) is 17.6 Å². The Morgan fingerprint density at radius 1 is 1.26 bits per heavy atom. The first kappa shape index (κ1) is 17.1. The SMILES string of the molecule is Cc1[nH]c(=O)c(C(=O)N(C)c2cccc(C(F)(F)F)c2)cc1S. The van der Waals surface area contributed by atoms with Crippen molar-refractivity contribution in [2.75, 3.05) is 11.9 Å².